The Bertz CT molecular complexity index is 603. The Balaban J connectivity index is 2.16. The smallest absolute Gasteiger partial charge is 0.137 e. The summed E-state index contributed by atoms with van der Waals surface area (Å²) in [6.45, 7) is 0.855. The van der Waals surface area contributed by atoms with E-state index in [0.29, 0.717) is 10.4 Å². The van der Waals surface area contributed by atoms with E-state index in [1.54, 1.807) is 6.07 Å². The van der Waals surface area contributed by atoms with Crippen LogP contribution in [0.5, 0.6) is 0 Å². The first-order valence-corrected chi connectivity index (χ1v) is 8.09. The van der Waals surface area contributed by atoms with Crippen molar-refractivity contribution in [3.05, 3.63) is 68.9 Å². The van der Waals surface area contributed by atoms with Gasteiger partial charge in [0.15, 0.2) is 0 Å². The maximum atomic E-state index is 13.6. The van der Waals surface area contributed by atoms with Crippen LogP contribution in [-0.4, -0.2) is 13.6 Å². The summed E-state index contributed by atoms with van der Waals surface area (Å²) in [5.41, 5.74) is 2.12. The van der Waals surface area contributed by atoms with Crippen molar-refractivity contribution >= 4 is 27.5 Å². The summed E-state index contributed by atoms with van der Waals surface area (Å²) in [4.78, 5) is 0. The maximum Gasteiger partial charge on any atom is 0.137 e. The lowest BCUT2D eigenvalue weighted by Gasteiger charge is -2.18. The number of halogens is 3. The zero-order valence-electron chi connectivity index (χ0n) is 11.9. The first kappa shape index (κ1) is 16.5. The van der Waals surface area contributed by atoms with Crippen molar-refractivity contribution in [2.24, 2.45) is 5.92 Å². The monoisotopic (exact) mass is 369 g/mol. The summed E-state index contributed by atoms with van der Waals surface area (Å²) in [7, 11) is 1.93. The molecule has 0 aliphatic carbocycles. The number of benzene rings is 2. The van der Waals surface area contributed by atoms with E-state index in [4.69, 9.17) is 11.6 Å². The maximum absolute atomic E-state index is 13.6. The van der Waals surface area contributed by atoms with Crippen LogP contribution in [0.4, 0.5) is 4.39 Å². The Hall–Kier alpha value is -0.900. The van der Waals surface area contributed by atoms with Crippen LogP contribution >= 0.6 is 27.5 Å². The molecule has 112 valence electrons. The summed E-state index contributed by atoms with van der Waals surface area (Å²) in [5, 5.41) is 4.00. The highest BCUT2D eigenvalue weighted by atomic mass is 79.9. The van der Waals surface area contributed by atoms with E-state index in [1.807, 2.05) is 37.4 Å². The molecule has 0 radical (unpaired) electrons. The van der Waals surface area contributed by atoms with Gasteiger partial charge in [0.2, 0.25) is 0 Å². The van der Waals surface area contributed by atoms with E-state index < -0.39 is 0 Å². The van der Waals surface area contributed by atoms with Gasteiger partial charge in [-0.3, -0.25) is 0 Å². The molecule has 1 unspecified atom stereocenters. The molecule has 0 aliphatic heterocycles. The number of rotatable bonds is 6. The molecular weight excluding hydrogens is 353 g/mol. The number of nitrogens with one attached hydrogen (secondary N) is 1. The Morgan fingerprint density at radius 3 is 2.48 bits per heavy atom. The summed E-state index contributed by atoms with van der Waals surface area (Å²) in [5.74, 6) is 0.140. The normalized spacial score (nSPS) is 12.4. The van der Waals surface area contributed by atoms with Gasteiger partial charge in [0.1, 0.15) is 5.82 Å². The largest absolute Gasteiger partial charge is 0.319 e. The van der Waals surface area contributed by atoms with E-state index in [1.165, 1.54) is 6.07 Å². The lowest BCUT2D eigenvalue weighted by atomic mass is 9.92. The van der Waals surface area contributed by atoms with Crippen LogP contribution in [0.3, 0.4) is 0 Å². The molecule has 0 spiro atoms. The molecule has 0 aromatic heterocycles. The molecule has 0 saturated carbocycles. The summed E-state index contributed by atoms with van der Waals surface area (Å²) in [6.07, 6.45) is 1.66. The highest BCUT2D eigenvalue weighted by molar-refractivity contribution is 9.10. The topological polar surface area (TPSA) is 12.0 Å². The Kier molecular flexibility index (Phi) is 6.22. The second-order valence-electron chi connectivity index (χ2n) is 5.14. The molecule has 1 nitrogen and oxygen atoms in total. The van der Waals surface area contributed by atoms with E-state index >= 15 is 0 Å². The average molecular weight is 371 g/mol. The number of hydrogen-bond acceptors (Lipinski definition) is 1. The average Bonchev–Trinajstić information content (AvgIpc) is 2.46. The van der Waals surface area contributed by atoms with Crippen molar-refractivity contribution in [1.29, 1.82) is 0 Å². The predicted molar refractivity (Wildman–Crippen MR) is 90.4 cm³/mol. The van der Waals surface area contributed by atoms with Gasteiger partial charge in [-0.15, -0.1) is 0 Å². The van der Waals surface area contributed by atoms with Crippen LogP contribution in [0.2, 0.25) is 5.02 Å². The zero-order valence-corrected chi connectivity index (χ0v) is 14.2. The third-order valence-electron chi connectivity index (χ3n) is 3.50. The van der Waals surface area contributed by atoms with Crippen LogP contribution in [0.25, 0.3) is 0 Å². The van der Waals surface area contributed by atoms with Gasteiger partial charge in [0.25, 0.3) is 0 Å². The second kappa shape index (κ2) is 7.92. The fourth-order valence-electron chi connectivity index (χ4n) is 2.50. The van der Waals surface area contributed by atoms with Gasteiger partial charge in [-0.1, -0.05) is 41.9 Å². The quantitative estimate of drug-likeness (QED) is 0.765. The van der Waals surface area contributed by atoms with Crippen LogP contribution < -0.4 is 5.32 Å². The van der Waals surface area contributed by atoms with Gasteiger partial charge in [-0.2, -0.15) is 0 Å². The van der Waals surface area contributed by atoms with Crippen LogP contribution in [-0.2, 0) is 12.8 Å². The van der Waals surface area contributed by atoms with Crippen molar-refractivity contribution in [3.63, 3.8) is 0 Å². The number of hydrogen-bond donors (Lipinski definition) is 1. The standard InChI is InChI=1S/C17H18BrClFN/c1-21-11-12(9-13-5-2-3-7-15(13)19)10-14-6-4-8-16(20)17(14)18/h2-8,12,21H,9-11H2,1H3. The first-order chi connectivity index (χ1) is 10.1. The SMILES string of the molecule is CNCC(Cc1ccccc1Cl)Cc1cccc(F)c1Br. The molecule has 2 aromatic carbocycles. The van der Waals surface area contributed by atoms with Gasteiger partial charge in [0, 0.05) is 5.02 Å². The molecule has 0 heterocycles. The predicted octanol–water partition coefficient (Wildman–Crippen LogP) is 4.86. The highest BCUT2D eigenvalue weighted by Gasteiger charge is 2.15. The molecule has 0 fully saturated rings. The minimum Gasteiger partial charge on any atom is -0.319 e. The lowest BCUT2D eigenvalue weighted by Crippen LogP contribution is -2.23. The molecule has 2 aromatic rings. The minimum absolute atomic E-state index is 0.214. The zero-order chi connectivity index (χ0) is 15.2. The molecular formula is C17H18BrClFN. The molecule has 0 bridgehead atoms. The highest BCUT2D eigenvalue weighted by Crippen LogP contribution is 2.26. The second-order valence-corrected chi connectivity index (χ2v) is 6.34. The summed E-state index contributed by atoms with van der Waals surface area (Å²) in [6, 6.07) is 13.1. The van der Waals surface area contributed by atoms with Crippen molar-refractivity contribution in [1.82, 2.24) is 5.32 Å². The molecule has 4 heteroatoms. The molecule has 0 aliphatic rings. The van der Waals surface area contributed by atoms with Crippen molar-refractivity contribution < 1.29 is 4.39 Å². The lowest BCUT2D eigenvalue weighted by molar-refractivity contribution is 0.490. The third-order valence-corrected chi connectivity index (χ3v) is 4.76. The molecule has 0 amide bonds. The van der Waals surface area contributed by atoms with Gasteiger partial charge < -0.3 is 5.32 Å². The molecule has 0 saturated heterocycles. The van der Waals surface area contributed by atoms with Crippen LogP contribution in [0, 0.1) is 11.7 Å². The summed E-state index contributed by atoms with van der Waals surface area (Å²) < 4.78 is 14.2. The Morgan fingerprint density at radius 2 is 1.76 bits per heavy atom. The molecule has 1 atom stereocenters. The summed E-state index contributed by atoms with van der Waals surface area (Å²) >= 11 is 9.58. The van der Waals surface area contributed by atoms with Gasteiger partial charge in [-0.25, -0.2) is 4.39 Å². The Morgan fingerprint density at radius 1 is 1.10 bits per heavy atom. The first-order valence-electron chi connectivity index (χ1n) is 6.92. The van der Waals surface area contributed by atoms with Crippen LogP contribution in [0.1, 0.15) is 11.1 Å². The van der Waals surface area contributed by atoms with E-state index in [2.05, 4.69) is 21.2 Å². The van der Waals surface area contributed by atoms with E-state index in [0.717, 1.165) is 35.5 Å². The van der Waals surface area contributed by atoms with Crippen LogP contribution in [0.15, 0.2) is 46.9 Å². The van der Waals surface area contributed by atoms with Gasteiger partial charge >= 0.3 is 0 Å². The minimum atomic E-state index is -0.214. The van der Waals surface area contributed by atoms with Gasteiger partial charge in [-0.05, 0) is 71.5 Å². The van der Waals surface area contributed by atoms with Gasteiger partial charge in [0.05, 0.1) is 4.47 Å². The third kappa shape index (κ3) is 4.53. The molecule has 21 heavy (non-hydrogen) atoms. The molecule has 1 N–H and O–H groups in total. The van der Waals surface area contributed by atoms with Crippen molar-refractivity contribution in [2.45, 2.75) is 12.8 Å². The Labute approximate surface area is 138 Å². The molecule has 2 rings (SSSR count). The van der Waals surface area contributed by atoms with E-state index in [9.17, 15) is 4.39 Å². The van der Waals surface area contributed by atoms with E-state index in [-0.39, 0.29) is 5.82 Å². The van der Waals surface area contributed by atoms with Crippen molar-refractivity contribution in [3.8, 4) is 0 Å². The fraction of sp³-hybridized carbons (Fsp3) is 0.294. The fourth-order valence-corrected chi connectivity index (χ4v) is 3.14. The van der Waals surface area contributed by atoms with Crippen molar-refractivity contribution in [2.75, 3.05) is 13.6 Å².